The second-order valence-electron chi connectivity index (χ2n) is 8.05. The zero-order valence-electron chi connectivity index (χ0n) is 15.1. The Labute approximate surface area is 159 Å². The molecule has 0 amide bonds. The molecule has 0 aromatic carbocycles. The van der Waals surface area contributed by atoms with Gasteiger partial charge in [0.15, 0.2) is 0 Å². The van der Waals surface area contributed by atoms with Crippen molar-refractivity contribution in [1.29, 1.82) is 0 Å². The lowest BCUT2D eigenvalue weighted by Gasteiger charge is -2.51. The molecule has 1 aromatic rings. The van der Waals surface area contributed by atoms with E-state index in [9.17, 15) is 5.11 Å². The number of nitrogens with zero attached hydrogens (tertiary/aromatic N) is 4. The molecule has 144 valence electrons. The van der Waals surface area contributed by atoms with Crippen molar-refractivity contribution in [2.45, 2.75) is 49.7 Å². The van der Waals surface area contributed by atoms with Crippen molar-refractivity contribution in [3.63, 3.8) is 0 Å². The molecule has 0 spiro atoms. The first-order valence-corrected chi connectivity index (χ1v) is 10.0. The van der Waals surface area contributed by atoms with Gasteiger partial charge in [0.1, 0.15) is 11.0 Å². The van der Waals surface area contributed by atoms with E-state index in [-0.39, 0.29) is 12.1 Å². The number of fused-ring (bicyclic) bond motifs is 3. The lowest BCUT2D eigenvalue weighted by molar-refractivity contribution is -0.0581. The second kappa shape index (κ2) is 7.11. The maximum absolute atomic E-state index is 10.4. The fourth-order valence-corrected chi connectivity index (χ4v) is 4.73. The van der Waals surface area contributed by atoms with Crippen LogP contribution in [0.4, 0.5) is 11.8 Å². The molecule has 5 rings (SSSR count). The SMILES string of the molecule is OCCN1CCN(c2cc(Cl)nc(NC34CCC(O)(CC3)CC4)n2)CC1. The third kappa shape index (κ3) is 3.76. The highest BCUT2D eigenvalue weighted by Crippen LogP contribution is 2.48. The molecule has 26 heavy (non-hydrogen) atoms. The van der Waals surface area contributed by atoms with Gasteiger partial charge in [-0.25, -0.2) is 4.98 Å². The average molecular weight is 382 g/mol. The summed E-state index contributed by atoms with van der Waals surface area (Å²) in [5.41, 5.74) is -0.454. The summed E-state index contributed by atoms with van der Waals surface area (Å²) in [6, 6.07) is 1.83. The van der Waals surface area contributed by atoms with Crippen LogP contribution < -0.4 is 10.2 Å². The molecule has 0 atom stereocenters. The van der Waals surface area contributed by atoms with Crippen LogP contribution in [0.3, 0.4) is 0 Å². The van der Waals surface area contributed by atoms with Crippen molar-refractivity contribution >= 4 is 23.4 Å². The molecule has 3 N–H and O–H groups in total. The van der Waals surface area contributed by atoms with Crippen LogP contribution in [-0.4, -0.2) is 75.6 Å². The van der Waals surface area contributed by atoms with Crippen LogP contribution in [0, 0.1) is 0 Å². The van der Waals surface area contributed by atoms with Crippen LogP contribution in [0.1, 0.15) is 38.5 Å². The van der Waals surface area contributed by atoms with Gasteiger partial charge < -0.3 is 20.4 Å². The van der Waals surface area contributed by atoms with Gasteiger partial charge in [0.2, 0.25) is 5.95 Å². The Morgan fingerprint density at radius 3 is 2.31 bits per heavy atom. The van der Waals surface area contributed by atoms with Gasteiger partial charge in [-0.3, -0.25) is 4.90 Å². The van der Waals surface area contributed by atoms with Gasteiger partial charge in [0.25, 0.3) is 0 Å². The first kappa shape index (κ1) is 18.2. The van der Waals surface area contributed by atoms with Crippen LogP contribution in [0.5, 0.6) is 0 Å². The topological polar surface area (TPSA) is 84.8 Å². The first-order valence-electron chi connectivity index (χ1n) is 9.63. The maximum Gasteiger partial charge on any atom is 0.226 e. The molecule has 8 heteroatoms. The Morgan fingerprint density at radius 2 is 1.69 bits per heavy atom. The number of nitrogens with one attached hydrogen (secondary N) is 1. The predicted octanol–water partition coefficient (Wildman–Crippen LogP) is 1.49. The van der Waals surface area contributed by atoms with Crippen LogP contribution >= 0.6 is 11.6 Å². The van der Waals surface area contributed by atoms with Crippen molar-refractivity contribution in [3.8, 4) is 0 Å². The molecular formula is C18H28ClN5O2. The average Bonchev–Trinajstić information content (AvgIpc) is 2.64. The molecule has 4 fully saturated rings. The third-order valence-electron chi connectivity index (χ3n) is 6.38. The number of piperazine rings is 1. The van der Waals surface area contributed by atoms with Crippen LogP contribution in [0.25, 0.3) is 0 Å². The molecule has 1 aromatic heterocycles. The van der Waals surface area contributed by atoms with E-state index in [0.29, 0.717) is 11.1 Å². The van der Waals surface area contributed by atoms with Gasteiger partial charge in [-0.2, -0.15) is 4.98 Å². The van der Waals surface area contributed by atoms with E-state index in [1.807, 2.05) is 6.07 Å². The molecule has 4 aliphatic rings. The minimum atomic E-state index is -0.446. The Morgan fingerprint density at radius 1 is 1.04 bits per heavy atom. The molecule has 3 aliphatic carbocycles. The van der Waals surface area contributed by atoms with E-state index in [0.717, 1.165) is 77.1 Å². The minimum absolute atomic E-state index is 0.00768. The summed E-state index contributed by atoms with van der Waals surface area (Å²) < 4.78 is 0. The van der Waals surface area contributed by atoms with Crippen molar-refractivity contribution in [2.24, 2.45) is 0 Å². The molecule has 0 unspecified atom stereocenters. The molecule has 1 aliphatic heterocycles. The largest absolute Gasteiger partial charge is 0.395 e. The van der Waals surface area contributed by atoms with Gasteiger partial charge in [-0.05, 0) is 38.5 Å². The summed E-state index contributed by atoms with van der Waals surface area (Å²) in [5, 5.41) is 23.5. The number of aromatic nitrogens is 2. The minimum Gasteiger partial charge on any atom is -0.395 e. The van der Waals surface area contributed by atoms with Crippen LogP contribution in [-0.2, 0) is 0 Å². The molecule has 2 heterocycles. The van der Waals surface area contributed by atoms with Crippen molar-refractivity contribution in [2.75, 3.05) is 49.5 Å². The number of hydrogen-bond acceptors (Lipinski definition) is 7. The Kier molecular flexibility index (Phi) is 4.98. The third-order valence-corrected chi connectivity index (χ3v) is 6.57. The van der Waals surface area contributed by atoms with Crippen LogP contribution in [0.2, 0.25) is 5.15 Å². The van der Waals surface area contributed by atoms with Crippen molar-refractivity contribution in [3.05, 3.63) is 11.2 Å². The van der Waals surface area contributed by atoms with Crippen molar-refractivity contribution in [1.82, 2.24) is 14.9 Å². The summed E-state index contributed by atoms with van der Waals surface area (Å²) in [5.74, 6) is 1.45. The Hall–Kier alpha value is -1.15. The lowest BCUT2D eigenvalue weighted by Crippen LogP contribution is -2.54. The smallest absolute Gasteiger partial charge is 0.226 e. The molecule has 2 bridgehead atoms. The Bertz CT molecular complexity index is 626. The fraction of sp³-hybridized carbons (Fsp3) is 0.778. The number of aliphatic hydroxyl groups is 2. The van der Waals surface area contributed by atoms with E-state index >= 15 is 0 Å². The van der Waals surface area contributed by atoms with Gasteiger partial charge >= 0.3 is 0 Å². The summed E-state index contributed by atoms with van der Waals surface area (Å²) >= 11 is 6.28. The summed E-state index contributed by atoms with van der Waals surface area (Å²) in [4.78, 5) is 13.6. The normalized spacial score (nSPS) is 32.0. The van der Waals surface area contributed by atoms with Crippen molar-refractivity contribution < 1.29 is 10.2 Å². The highest BCUT2D eigenvalue weighted by atomic mass is 35.5. The predicted molar refractivity (Wildman–Crippen MR) is 102 cm³/mol. The van der Waals surface area contributed by atoms with E-state index in [1.54, 1.807) is 0 Å². The molecular weight excluding hydrogens is 354 g/mol. The number of aliphatic hydroxyl groups excluding tert-OH is 1. The number of anilines is 2. The van der Waals surface area contributed by atoms with E-state index in [2.05, 4.69) is 20.1 Å². The zero-order valence-corrected chi connectivity index (χ0v) is 15.9. The van der Waals surface area contributed by atoms with E-state index < -0.39 is 5.60 Å². The molecule has 1 saturated heterocycles. The second-order valence-corrected chi connectivity index (χ2v) is 8.44. The number of hydrogen-bond donors (Lipinski definition) is 3. The highest BCUT2D eigenvalue weighted by molar-refractivity contribution is 6.29. The first-order chi connectivity index (χ1) is 12.5. The van der Waals surface area contributed by atoms with E-state index in [4.69, 9.17) is 21.7 Å². The monoisotopic (exact) mass is 381 g/mol. The van der Waals surface area contributed by atoms with Gasteiger partial charge in [-0.15, -0.1) is 0 Å². The number of halogens is 1. The highest BCUT2D eigenvalue weighted by Gasteiger charge is 2.48. The lowest BCUT2D eigenvalue weighted by atomic mass is 9.63. The molecule has 7 nitrogen and oxygen atoms in total. The quantitative estimate of drug-likeness (QED) is 0.666. The zero-order chi connectivity index (χ0) is 18.2. The fourth-order valence-electron chi connectivity index (χ4n) is 4.56. The van der Waals surface area contributed by atoms with Gasteiger partial charge in [0.05, 0.1) is 12.2 Å². The molecule has 0 radical (unpaired) electrons. The van der Waals surface area contributed by atoms with E-state index in [1.165, 1.54) is 0 Å². The van der Waals surface area contributed by atoms with Gasteiger partial charge in [-0.1, -0.05) is 11.6 Å². The Balaban J connectivity index is 1.45. The number of β-amino-alcohol motifs (C(OH)–C–C–N with tert-alkyl or cyclic N) is 1. The maximum atomic E-state index is 10.4. The standard InChI is InChI=1S/C18H28ClN5O2/c19-14-13-15(24-9-7-23(8-10-24)11-12-25)21-16(20-14)22-17-1-4-18(26,5-2-17)6-3-17/h13,25-26H,1-12H2,(H,20,21,22). The summed E-state index contributed by atoms with van der Waals surface area (Å²) in [6.45, 7) is 4.47. The molecule has 3 saturated carbocycles. The van der Waals surface area contributed by atoms with Crippen LogP contribution in [0.15, 0.2) is 6.07 Å². The van der Waals surface area contributed by atoms with Gasteiger partial charge in [0, 0.05) is 44.3 Å². The number of rotatable bonds is 5. The summed E-state index contributed by atoms with van der Waals surface area (Å²) in [7, 11) is 0. The summed E-state index contributed by atoms with van der Waals surface area (Å²) in [6.07, 6.45) is 5.40.